The Balaban J connectivity index is 1.75. The van der Waals surface area contributed by atoms with Crippen LogP contribution in [-0.2, 0) is 4.74 Å². The third-order valence-electron chi connectivity index (χ3n) is 5.44. The minimum absolute atomic E-state index is 0.0514. The van der Waals surface area contributed by atoms with E-state index in [1.807, 2.05) is 0 Å². The van der Waals surface area contributed by atoms with Gasteiger partial charge in [0.05, 0.1) is 4.92 Å². The van der Waals surface area contributed by atoms with E-state index in [1.165, 1.54) is 37.5 Å². The van der Waals surface area contributed by atoms with E-state index in [9.17, 15) is 18.9 Å². The molecule has 3 rings (SSSR count). The van der Waals surface area contributed by atoms with Gasteiger partial charge in [0, 0.05) is 43.1 Å². The lowest BCUT2D eigenvalue weighted by atomic mass is 9.86. The normalized spacial score (nSPS) is 20.4. The first-order valence-corrected chi connectivity index (χ1v) is 9.30. The van der Waals surface area contributed by atoms with Gasteiger partial charge in [0.1, 0.15) is 0 Å². The lowest BCUT2D eigenvalue weighted by Crippen LogP contribution is -2.57. The number of nitrogens with one attached hydrogen (secondary N) is 1. The summed E-state index contributed by atoms with van der Waals surface area (Å²) < 4.78 is 35.1. The van der Waals surface area contributed by atoms with Crippen molar-refractivity contribution < 1.29 is 23.2 Å². The highest BCUT2D eigenvalue weighted by atomic mass is 19.3. The smallest absolute Gasteiger partial charge is 0.387 e. The van der Waals surface area contributed by atoms with Crippen molar-refractivity contribution in [2.45, 2.75) is 44.3 Å². The van der Waals surface area contributed by atoms with Gasteiger partial charge < -0.3 is 14.8 Å². The highest BCUT2D eigenvalue weighted by molar-refractivity contribution is 5.58. The summed E-state index contributed by atoms with van der Waals surface area (Å²) in [5.41, 5.74) is 0.00117. The predicted octanol–water partition coefficient (Wildman–Crippen LogP) is 3.64. The maximum Gasteiger partial charge on any atom is 0.387 e. The van der Waals surface area contributed by atoms with Crippen LogP contribution in [0.2, 0.25) is 0 Å². The van der Waals surface area contributed by atoms with Gasteiger partial charge in [-0.3, -0.25) is 15.0 Å². The van der Waals surface area contributed by atoms with Crippen LogP contribution >= 0.6 is 0 Å². The van der Waals surface area contributed by atoms with Crippen LogP contribution in [0.5, 0.6) is 5.75 Å². The molecule has 2 saturated heterocycles. The molecule has 2 aliphatic rings. The number of hydrogen-bond donors (Lipinski definition) is 1. The van der Waals surface area contributed by atoms with Crippen molar-refractivity contribution in [2.24, 2.45) is 0 Å². The molecule has 7 nitrogen and oxygen atoms in total. The number of nitrogens with zero attached hydrogens (tertiary/aromatic N) is 2. The Kier molecular flexibility index (Phi) is 6.43. The maximum atomic E-state index is 12.6. The van der Waals surface area contributed by atoms with Crippen LogP contribution in [0.15, 0.2) is 18.2 Å². The number of hydrogen-bond acceptors (Lipinski definition) is 6. The van der Waals surface area contributed by atoms with Gasteiger partial charge in [0.2, 0.25) is 5.75 Å². The van der Waals surface area contributed by atoms with Crippen molar-refractivity contribution in [3.05, 3.63) is 28.3 Å². The van der Waals surface area contributed by atoms with Crippen molar-refractivity contribution in [3.8, 4) is 5.75 Å². The summed E-state index contributed by atoms with van der Waals surface area (Å²) >= 11 is 0. The highest BCUT2D eigenvalue weighted by Crippen LogP contribution is 2.34. The van der Waals surface area contributed by atoms with Crippen LogP contribution in [-0.4, -0.2) is 54.8 Å². The van der Waals surface area contributed by atoms with Crippen LogP contribution < -0.4 is 10.1 Å². The van der Waals surface area contributed by atoms with Crippen LogP contribution in [0.1, 0.15) is 32.1 Å². The van der Waals surface area contributed by atoms with Gasteiger partial charge in [-0.1, -0.05) is 6.42 Å². The van der Waals surface area contributed by atoms with E-state index < -0.39 is 23.0 Å². The van der Waals surface area contributed by atoms with Gasteiger partial charge in [0.15, 0.2) is 0 Å². The number of likely N-dealkylation sites (tertiary alicyclic amines) is 1. The molecule has 2 aliphatic heterocycles. The quantitative estimate of drug-likeness (QED) is 0.570. The summed E-state index contributed by atoms with van der Waals surface area (Å²) in [5.74, 6) is -0.431. The summed E-state index contributed by atoms with van der Waals surface area (Å²) in [5, 5.41) is 14.3. The summed E-state index contributed by atoms with van der Waals surface area (Å²) in [6.07, 6.45) is 5.38. The van der Waals surface area contributed by atoms with Crippen molar-refractivity contribution >= 4 is 11.4 Å². The molecule has 9 heteroatoms. The molecule has 0 amide bonds. The number of ether oxygens (including phenoxy) is 2. The molecule has 0 radical (unpaired) electrons. The zero-order chi connectivity index (χ0) is 19.3. The van der Waals surface area contributed by atoms with Crippen molar-refractivity contribution in [3.63, 3.8) is 0 Å². The minimum atomic E-state index is -3.12. The number of benzene rings is 1. The van der Waals surface area contributed by atoms with Crippen LogP contribution in [0.4, 0.5) is 20.2 Å². The van der Waals surface area contributed by atoms with Gasteiger partial charge in [0.25, 0.3) is 0 Å². The largest absolute Gasteiger partial charge is 0.427 e. The van der Waals surface area contributed by atoms with Gasteiger partial charge in [-0.25, -0.2) is 0 Å². The third-order valence-corrected chi connectivity index (χ3v) is 5.44. The van der Waals surface area contributed by atoms with Crippen LogP contribution in [0.25, 0.3) is 0 Å². The molecule has 0 atom stereocenters. The standard InChI is InChI=1S/C18H25F2N3O4/c19-17(20)27-16-12-14(4-5-15(16)23(24)25)21-13-18(6-10-26-11-7-18)22-8-2-1-3-9-22/h4-5,12,17,21H,1-3,6-11,13H2. The number of halogens is 2. The van der Waals surface area contributed by atoms with Crippen molar-refractivity contribution in [1.82, 2.24) is 4.90 Å². The molecule has 150 valence electrons. The summed E-state index contributed by atoms with van der Waals surface area (Å²) in [6.45, 7) is 0.983. The average molecular weight is 385 g/mol. The zero-order valence-electron chi connectivity index (χ0n) is 15.2. The first kappa shape index (κ1) is 19.8. The SMILES string of the molecule is O=[N+]([O-])c1ccc(NCC2(N3CCCCC3)CCOCC2)cc1OC(F)F. The van der Waals surface area contributed by atoms with Crippen LogP contribution in [0.3, 0.4) is 0 Å². The molecule has 27 heavy (non-hydrogen) atoms. The Morgan fingerprint density at radius 1 is 1.26 bits per heavy atom. The predicted molar refractivity (Wildman–Crippen MR) is 96.4 cm³/mol. The third kappa shape index (κ3) is 4.84. The van der Waals surface area contributed by atoms with E-state index in [0.29, 0.717) is 25.4 Å². The molecule has 0 bridgehead atoms. The molecule has 1 N–H and O–H groups in total. The van der Waals surface area contributed by atoms with Crippen molar-refractivity contribution in [2.75, 3.05) is 38.2 Å². The lowest BCUT2D eigenvalue weighted by molar-refractivity contribution is -0.386. The van der Waals surface area contributed by atoms with E-state index in [2.05, 4.69) is 15.0 Å². The number of piperidine rings is 1. The van der Waals surface area contributed by atoms with Crippen LogP contribution in [0, 0.1) is 10.1 Å². The summed E-state index contributed by atoms with van der Waals surface area (Å²) in [7, 11) is 0. The van der Waals surface area contributed by atoms with E-state index >= 15 is 0 Å². The Morgan fingerprint density at radius 2 is 1.96 bits per heavy atom. The van der Waals surface area contributed by atoms with Gasteiger partial charge in [-0.2, -0.15) is 8.78 Å². The van der Waals surface area contributed by atoms with Gasteiger partial charge in [-0.15, -0.1) is 0 Å². The highest BCUT2D eigenvalue weighted by Gasteiger charge is 2.38. The summed E-state index contributed by atoms with van der Waals surface area (Å²) in [4.78, 5) is 12.8. The first-order chi connectivity index (χ1) is 13.0. The summed E-state index contributed by atoms with van der Waals surface area (Å²) in [6, 6.07) is 3.99. The lowest BCUT2D eigenvalue weighted by Gasteiger charge is -2.48. The van der Waals surface area contributed by atoms with Gasteiger partial charge >= 0.3 is 12.3 Å². The molecule has 0 aromatic heterocycles. The first-order valence-electron chi connectivity index (χ1n) is 9.30. The molecular weight excluding hydrogens is 360 g/mol. The van der Waals surface area contributed by atoms with E-state index in [4.69, 9.17) is 4.74 Å². The molecule has 0 aliphatic carbocycles. The molecular formula is C18H25F2N3O4. The van der Waals surface area contributed by atoms with E-state index in [0.717, 1.165) is 25.9 Å². The fourth-order valence-electron chi connectivity index (χ4n) is 3.96. The maximum absolute atomic E-state index is 12.6. The van der Waals surface area contributed by atoms with Gasteiger partial charge in [-0.05, 0) is 44.8 Å². The van der Waals surface area contributed by atoms with Crippen molar-refractivity contribution in [1.29, 1.82) is 0 Å². The molecule has 2 heterocycles. The molecule has 0 saturated carbocycles. The fraction of sp³-hybridized carbons (Fsp3) is 0.667. The monoisotopic (exact) mass is 385 g/mol. The molecule has 2 fully saturated rings. The average Bonchev–Trinajstić information content (AvgIpc) is 2.67. The number of rotatable bonds is 7. The van der Waals surface area contributed by atoms with E-state index in [-0.39, 0.29) is 5.54 Å². The Labute approximate surface area is 156 Å². The Morgan fingerprint density at radius 3 is 2.59 bits per heavy atom. The second kappa shape index (κ2) is 8.79. The fourth-order valence-corrected chi connectivity index (χ4v) is 3.96. The molecule has 1 aromatic rings. The number of anilines is 1. The molecule has 0 unspecified atom stereocenters. The number of alkyl halides is 2. The molecule has 0 spiro atoms. The Bertz CT molecular complexity index is 647. The second-order valence-corrected chi connectivity index (χ2v) is 7.06. The number of nitro benzene ring substituents is 1. The van der Waals surface area contributed by atoms with E-state index in [1.54, 1.807) is 0 Å². The second-order valence-electron chi connectivity index (χ2n) is 7.06. The Hall–Kier alpha value is -2.00. The topological polar surface area (TPSA) is 76.9 Å². The molecule has 1 aromatic carbocycles. The zero-order valence-corrected chi connectivity index (χ0v) is 15.2. The minimum Gasteiger partial charge on any atom is -0.427 e. The number of nitro groups is 1.